The first-order chi connectivity index (χ1) is 7.13. The first kappa shape index (κ1) is 12.4. The van der Waals surface area contributed by atoms with E-state index in [0.29, 0.717) is 26.3 Å². The summed E-state index contributed by atoms with van der Waals surface area (Å²) in [4.78, 5) is 13.3. The van der Waals surface area contributed by atoms with Crippen molar-refractivity contribution in [3.05, 3.63) is 0 Å². The zero-order valence-electron chi connectivity index (χ0n) is 9.44. The summed E-state index contributed by atoms with van der Waals surface area (Å²) in [5, 5.41) is 0. The van der Waals surface area contributed by atoms with E-state index >= 15 is 0 Å². The molecule has 5 nitrogen and oxygen atoms in total. The minimum absolute atomic E-state index is 0.00463. The smallest absolute Gasteiger partial charge is 0.320 e. The van der Waals surface area contributed by atoms with Crippen molar-refractivity contribution in [2.75, 3.05) is 32.8 Å². The Morgan fingerprint density at radius 1 is 1.73 bits per heavy atom. The van der Waals surface area contributed by atoms with Crippen molar-refractivity contribution in [1.29, 1.82) is 0 Å². The third kappa shape index (κ3) is 4.15. The van der Waals surface area contributed by atoms with Gasteiger partial charge >= 0.3 is 5.97 Å². The Balaban J connectivity index is 2.33. The molecule has 0 spiro atoms. The topological polar surface area (TPSA) is 64.8 Å². The Kier molecular flexibility index (Phi) is 5.01. The normalized spacial score (nSPS) is 24.9. The third-order valence-electron chi connectivity index (χ3n) is 2.42. The molecule has 0 aromatic carbocycles. The second-order valence-corrected chi connectivity index (χ2v) is 3.81. The summed E-state index contributed by atoms with van der Waals surface area (Å²) in [6.07, 6.45) is 0.0215. The number of esters is 1. The van der Waals surface area contributed by atoms with Crippen LogP contribution in [0.5, 0.6) is 0 Å². The first-order valence-electron chi connectivity index (χ1n) is 5.38. The molecule has 2 N–H and O–H groups in total. The molecule has 0 bridgehead atoms. The van der Waals surface area contributed by atoms with Crippen LogP contribution in [0.1, 0.15) is 13.8 Å². The largest absolute Gasteiger partial charge is 0.465 e. The Hall–Kier alpha value is -0.650. The minimum atomic E-state index is -0.178. The zero-order valence-corrected chi connectivity index (χ0v) is 9.44. The molecule has 0 aromatic rings. The lowest BCUT2D eigenvalue weighted by Gasteiger charge is -2.33. The molecule has 0 aromatic heterocycles. The van der Waals surface area contributed by atoms with E-state index in [2.05, 4.69) is 0 Å². The molecule has 88 valence electrons. The van der Waals surface area contributed by atoms with E-state index in [0.717, 1.165) is 6.54 Å². The standard InChI is InChI=1S/C10H20N2O3/c1-3-14-10(13)7-12-4-5-15-9(6-12)8(2)11/h8-9H,3-7,11H2,1-2H3. The summed E-state index contributed by atoms with van der Waals surface area (Å²) in [5.74, 6) is -0.178. The number of nitrogens with zero attached hydrogens (tertiary/aromatic N) is 1. The van der Waals surface area contributed by atoms with Crippen LogP contribution in [-0.2, 0) is 14.3 Å². The molecule has 1 fully saturated rings. The fourth-order valence-corrected chi connectivity index (χ4v) is 1.58. The molecule has 0 radical (unpaired) electrons. The van der Waals surface area contributed by atoms with E-state index in [1.165, 1.54) is 0 Å². The van der Waals surface area contributed by atoms with E-state index in [1.54, 1.807) is 0 Å². The van der Waals surface area contributed by atoms with Crippen molar-refractivity contribution in [3.63, 3.8) is 0 Å². The number of ether oxygens (including phenoxy) is 2. The number of hydrogen-bond acceptors (Lipinski definition) is 5. The molecule has 1 saturated heterocycles. The van der Waals surface area contributed by atoms with Gasteiger partial charge in [0.05, 0.1) is 25.9 Å². The maximum absolute atomic E-state index is 11.3. The van der Waals surface area contributed by atoms with Crippen LogP contribution in [-0.4, -0.2) is 55.9 Å². The third-order valence-corrected chi connectivity index (χ3v) is 2.42. The molecule has 1 heterocycles. The predicted octanol–water partition coefficient (Wildman–Crippen LogP) is -0.402. The molecular weight excluding hydrogens is 196 g/mol. The van der Waals surface area contributed by atoms with Gasteiger partial charge in [0.15, 0.2) is 0 Å². The Morgan fingerprint density at radius 2 is 2.47 bits per heavy atom. The molecule has 0 amide bonds. The highest BCUT2D eigenvalue weighted by Gasteiger charge is 2.24. The van der Waals surface area contributed by atoms with Crippen molar-refractivity contribution in [1.82, 2.24) is 4.90 Å². The molecule has 0 saturated carbocycles. The van der Waals surface area contributed by atoms with Gasteiger partial charge in [0.2, 0.25) is 0 Å². The molecular formula is C10H20N2O3. The van der Waals surface area contributed by atoms with Crippen LogP contribution >= 0.6 is 0 Å². The van der Waals surface area contributed by atoms with Crippen LogP contribution in [0.2, 0.25) is 0 Å². The summed E-state index contributed by atoms with van der Waals surface area (Å²) >= 11 is 0. The van der Waals surface area contributed by atoms with Gasteiger partial charge in [0.25, 0.3) is 0 Å². The number of carbonyl (C=O) groups excluding carboxylic acids is 1. The Morgan fingerprint density at radius 3 is 3.07 bits per heavy atom. The fraction of sp³-hybridized carbons (Fsp3) is 0.900. The van der Waals surface area contributed by atoms with Crippen molar-refractivity contribution in [2.45, 2.75) is 26.0 Å². The van der Waals surface area contributed by atoms with Crippen molar-refractivity contribution in [2.24, 2.45) is 5.73 Å². The van der Waals surface area contributed by atoms with Gasteiger partial charge in [-0.15, -0.1) is 0 Å². The molecule has 5 heteroatoms. The number of morpholine rings is 1. The van der Waals surface area contributed by atoms with Crippen molar-refractivity contribution in [3.8, 4) is 0 Å². The SMILES string of the molecule is CCOC(=O)CN1CCOC(C(C)N)C1. The number of carbonyl (C=O) groups is 1. The molecule has 1 aliphatic rings. The Bertz CT molecular complexity index is 209. The summed E-state index contributed by atoms with van der Waals surface area (Å²) < 4.78 is 10.4. The number of rotatable bonds is 4. The van der Waals surface area contributed by atoms with E-state index in [-0.39, 0.29) is 18.1 Å². The summed E-state index contributed by atoms with van der Waals surface area (Å²) in [7, 11) is 0. The highest BCUT2D eigenvalue weighted by molar-refractivity contribution is 5.71. The fourth-order valence-electron chi connectivity index (χ4n) is 1.58. The van der Waals surface area contributed by atoms with Gasteiger partial charge in [-0.25, -0.2) is 0 Å². The van der Waals surface area contributed by atoms with Crippen LogP contribution in [0.25, 0.3) is 0 Å². The van der Waals surface area contributed by atoms with Gasteiger partial charge < -0.3 is 15.2 Å². The number of hydrogen-bond donors (Lipinski definition) is 1. The summed E-state index contributed by atoms with van der Waals surface area (Å²) in [5.41, 5.74) is 5.75. The van der Waals surface area contributed by atoms with Gasteiger partial charge in [-0.3, -0.25) is 9.69 Å². The van der Waals surface area contributed by atoms with E-state index in [9.17, 15) is 4.79 Å². The average Bonchev–Trinajstić information content (AvgIpc) is 2.18. The average molecular weight is 216 g/mol. The quantitative estimate of drug-likeness (QED) is 0.648. The van der Waals surface area contributed by atoms with Gasteiger partial charge in [0, 0.05) is 19.1 Å². The first-order valence-corrected chi connectivity index (χ1v) is 5.38. The minimum Gasteiger partial charge on any atom is -0.465 e. The zero-order chi connectivity index (χ0) is 11.3. The molecule has 1 rings (SSSR count). The van der Waals surface area contributed by atoms with Gasteiger partial charge in [-0.05, 0) is 13.8 Å². The van der Waals surface area contributed by atoms with Crippen LogP contribution in [0.4, 0.5) is 0 Å². The molecule has 15 heavy (non-hydrogen) atoms. The van der Waals surface area contributed by atoms with E-state index in [1.807, 2.05) is 18.7 Å². The van der Waals surface area contributed by atoms with Crippen LogP contribution in [0, 0.1) is 0 Å². The van der Waals surface area contributed by atoms with Crippen LogP contribution in [0.15, 0.2) is 0 Å². The van der Waals surface area contributed by atoms with Crippen LogP contribution in [0.3, 0.4) is 0 Å². The van der Waals surface area contributed by atoms with E-state index in [4.69, 9.17) is 15.2 Å². The Labute approximate surface area is 90.5 Å². The molecule has 1 aliphatic heterocycles. The molecule has 0 aliphatic carbocycles. The van der Waals surface area contributed by atoms with Gasteiger partial charge in [-0.2, -0.15) is 0 Å². The highest BCUT2D eigenvalue weighted by atomic mass is 16.5. The number of nitrogens with two attached hydrogens (primary N) is 1. The van der Waals surface area contributed by atoms with Gasteiger partial charge in [0.1, 0.15) is 0 Å². The van der Waals surface area contributed by atoms with Crippen LogP contribution < -0.4 is 5.73 Å². The van der Waals surface area contributed by atoms with Crippen molar-refractivity contribution < 1.29 is 14.3 Å². The lowest BCUT2D eigenvalue weighted by atomic mass is 10.1. The monoisotopic (exact) mass is 216 g/mol. The lowest BCUT2D eigenvalue weighted by Crippen LogP contribution is -2.50. The maximum atomic E-state index is 11.3. The van der Waals surface area contributed by atoms with Gasteiger partial charge in [-0.1, -0.05) is 0 Å². The lowest BCUT2D eigenvalue weighted by molar-refractivity contribution is -0.146. The molecule has 2 unspecified atom stereocenters. The summed E-state index contributed by atoms with van der Waals surface area (Å²) in [6, 6.07) is -0.00463. The predicted molar refractivity (Wildman–Crippen MR) is 56.5 cm³/mol. The molecule has 2 atom stereocenters. The van der Waals surface area contributed by atoms with Crippen molar-refractivity contribution >= 4 is 5.97 Å². The second kappa shape index (κ2) is 6.05. The maximum Gasteiger partial charge on any atom is 0.320 e. The second-order valence-electron chi connectivity index (χ2n) is 3.81. The highest BCUT2D eigenvalue weighted by Crippen LogP contribution is 2.07. The summed E-state index contributed by atoms with van der Waals surface area (Å²) in [6.45, 7) is 6.59. The van der Waals surface area contributed by atoms with E-state index < -0.39 is 0 Å².